The van der Waals surface area contributed by atoms with E-state index in [1.54, 1.807) is 13.2 Å². The fourth-order valence-electron chi connectivity index (χ4n) is 4.86. The van der Waals surface area contributed by atoms with Crippen LogP contribution in [0.5, 0.6) is 5.75 Å². The summed E-state index contributed by atoms with van der Waals surface area (Å²) in [5.74, 6) is 0.118. The maximum atomic E-state index is 13.8. The van der Waals surface area contributed by atoms with Gasteiger partial charge in [-0.25, -0.2) is 8.78 Å². The van der Waals surface area contributed by atoms with E-state index in [2.05, 4.69) is 68.6 Å². The first-order valence-electron chi connectivity index (χ1n) is 12.4. The van der Waals surface area contributed by atoms with Gasteiger partial charge in [-0.3, -0.25) is 0 Å². The van der Waals surface area contributed by atoms with Crippen molar-refractivity contribution in [3.8, 4) is 5.75 Å². The Morgan fingerprint density at radius 3 is 2.29 bits per heavy atom. The second-order valence-electron chi connectivity index (χ2n) is 9.48. The van der Waals surface area contributed by atoms with E-state index in [9.17, 15) is 8.78 Å². The Balaban J connectivity index is 1.95. The average Bonchev–Trinajstić information content (AvgIpc) is 2.85. The van der Waals surface area contributed by atoms with E-state index in [0.717, 1.165) is 24.3 Å². The van der Waals surface area contributed by atoms with Gasteiger partial charge in [0.05, 0.1) is 7.11 Å². The SMILES string of the molecule is C/C=C(\NCc1ccc(F)c(F)c1)C(c1ccc(OC)cc1C)C(CCc1ccccc1)C(C)C. The molecule has 0 aliphatic heterocycles. The van der Waals surface area contributed by atoms with Gasteiger partial charge in [0, 0.05) is 18.2 Å². The predicted molar refractivity (Wildman–Crippen MR) is 141 cm³/mol. The number of rotatable bonds is 11. The van der Waals surface area contributed by atoms with Gasteiger partial charge in [-0.15, -0.1) is 0 Å². The molecule has 3 aromatic rings. The molecule has 0 aliphatic carbocycles. The zero-order chi connectivity index (χ0) is 25.4. The molecular formula is C31H37F2NO. The molecular weight excluding hydrogens is 440 g/mol. The highest BCUT2D eigenvalue weighted by Crippen LogP contribution is 2.40. The van der Waals surface area contributed by atoms with Gasteiger partial charge in [0.25, 0.3) is 0 Å². The number of benzene rings is 3. The van der Waals surface area contributed by atoms with Crippen molar-refractivity contribution >= 4 is 0 Å². The van der Waals surface area contributed by atoms with Gasteiger partial charge >= 0.3 is 0 Å². The van der Waals surface area contributed by atoms with Crippen LogP contribution in [0.3, 0.4) is 0 Å². The number of ether oxygens (including phenoxy) is 1. The van der Waals surface area contributed by atoms with Crippen LogP contribution >= 0.6 is 0 Å². The summed E-state index contributed by atoms with van der Waals surface area (Å²) in [6, 6.07) is 20.9. The first kappa shape index (κ1) is 26.5. The van der Waals surface area contributed by atoms with E-state index in [-0.39, 0.29) is 5.92 Å². The number of aryl methyl sites for hydroxylation is 2. The number of halogens is 2. The van der Waals surface area contributed by atoms with Gasteiger partial charge < -0.3 is 10.1 Å². The molecule has 0 radical (unpaired) electrons. The topological polar surface area (TPSA) is 21.3 Å². The van der Waals surface area contributed by atoms with Crippen LogP contribution in [0.15, 0.2) is 78.5 Å². The van der Waals surface area contributed by atoms with Crippen LogP contribution in [0.4, 0.5) is 8.78 Å². The lowest BCUT2D eigenvalue weighted by molar-refractivity contribution is 0.311. The maximum absolute atomic E-state index is 13.8. The zero-order valence-electron chi connectivity index (χ0n) is 21.4. The van der Waals surface area contributed by atoms with Crippen molar-refractivity contribution < 1.29 is 13.5 Å². The van der Waals surface area contributed by atoms with Gasteiger partial charge in [-0.1, -0.05) is 62.4 Å². The van der Waals surface area contributed by atoms with Crippen LogP contribution in [-0.4, -0.2) is 7.11 Å². The van der Waals surface area contributed by atoms with Crippen molar-refractivity contribution in [2.24, 2.45) is 11.8 Å². The molecule has 0 aromatic heterocycles. The minimum atomic E-state index is -0.826. The molecule has 35 heavy (non-hydrogen) atoms. The second kappa shape index (κ2) is 12.5. The van der Waals surface area contributed by atoms with Crippen molar-refractivity contribution in [2.45, 2.75) is 53.0 Å². The van der Waals surface area contributed by atoms with E-state index in [4.69, 9.17) is 4.74 Å². The summed E-state index contributed by atoms with van der Waals surface area (Å²) in [4.78, 5) is 0. The third-order valence-electron chi connectivity index (χ3n) is 6.83. The normalized spacial score (nSPS) is 13.5. The first-order valence-corrected chi connectivity index (χ1v) is 12.4. The zero-order valence-corrected chi connectivity index (χ0v) is 21.4. The molecule has 0 saturated carbocycles. The monoisotopic (exact) mass is 477 g/mol. The Kier molecular flexibility index (Phi) is 9.47. The minimum absolute atomic E-state index is 0.125. The van der Waals surface area contributed by atoms with E-state index in [1.807, 2.05) is 19.1 Å². The molecule has 3 rings (SSSR count). The lowest BCUT2D eigenvalue weighted by Crippen LogP contribution is -2.28. The van der Waals surface area contributed by atoms with Crippen molar-refractivity contribution in [1.82, 2.24) is 5.32 Å². The van der Waals surface area contributed by atoms with E-state index < -0.39 is 11.6 Å². The van der Waals surface area contributed by atoms with Crippen molar-refractivity contribution in [2.75, 3.05) is 7.11 Å². The standard InChI is InChI=1S/C31H37F2NO/c1-6-30(34-20-24-13-17-28(32)29(33)19-24)31(27-16-14-25(35-5)18-22(27)4)26(21(2)3)15-12-23-10-8-7-9-11-23/h6-11,13-14,16-19,21,26,31,34H,12,15,20H2,1-5H3/b30-6-. The number of hydrogen-bond donors (Lipinski definition) is 1. The van der Waals surface area contributed by atoms with Crippen molar-refractivity contribution in [3.05, 3.63) is 112 Å². The van der Waals surface area contributed by atoms with Crippen molar-refractivity contribution in [3.63, 3.8) is 0 Å². The third kappa shape index (κ3) is 6.94. The van der Waals surface area contributed by atoms with Crippen molar-refractivity contribution in [1.29, 1.82) is 0 Å². The Labute approximate surface area is 209 Å². The van der Waals surface area contributed by atoms with Crippen LogP contribution in [0.2, 0.25) is 0 Å². The summed E-state index contributed by atoms with van der Waals surface area (Å²) in [6.07, 6.45) is 4.14. The molecule has 2 nitrogen and oxygen atoms in total. The summed E-state index contributed by atoms with van der Waals surface area (Å²) >= 11 is 0. The number of nitrogens with one attached hydrogen (secondary N) is 1. The predicted octanol–water partition coefficient (Wildman–Crippen LogP) is 7.96. The molecule has 4 heteroatoms. The lowest BCUT2D eigenvalue weighted by Gasteiger charge is -2.34. The van der Waals surface area contributed by atoms with Crippen LogP contribution in [0.1, 0.15) is 55.4 Å². The quantitative estimate of drug-likeness (QED) is 0.302. The molecule has 3 aromatic carbocycles. The molecule has 0 saturated heterocycles. The summed E-state index contributed by atoms with van der Waals surface area (Å²) in [7, 11) is 1.68. The summed E-state index contributed by atoms with van der Waals surface area (Å²) in [5.41, 5.74) is 5.56. The minimum Gasteiger partial charge on any atom is -0.497 e. The van der Waals surface area contributed by atoms with Crippen LogP contribution in [0, 0.1) is 30.4 Å². The second-order valence-corrected chi connectivity index (χ2v) is 9.48. The highest BCUT2D eigenvalue weighted by Gasteiger charge is 2.30. The fourth-order valence-corrected chi connectivity index (χ4v) is 4.86. The summed E-state index contributed by atoms with van der Waals surface area (Å²) in [5, 5.41) is 3.56. The van der Waals surface area contributed by atoms with E-state index in [1.165, 1.54) is 28.8 Å². The van der Waals surface area contributed by atoms with Gasteiger partial charge in [0.15, 0.2) is 11.6 Å². The summed E-state index contributed by atoms with van der Waals surface area (Å²) < 4.78 is 32.7. The molecule has 2 unspecified atom stereocenters. The van der Waals surface area contributed by atoms with Crippen LogP contribution in [-0.2, 0) is 13.0 Å². The number of hydrogen-bond acceptors (Lipinski definition) is 2. The Morgan fingerprint density at radius 2 is 1.69 bits per heavy atom. The lowest BCUT2D eigenvalue weighted by atomic mass is 9.73. The molecule has 0 amide bonds. The average molecular weight is 478 g/mol. The van der Waals surface area contributed by atoms with Crippen LogP contribution in [0.25, 0.3) is 0 Å². The fraction of sp³-hybridized carbons (Fsp3) is 0.355. The molecule has 1 N–H and O–H groups in total. The highest BCUT2D eigenvalue weighted by atomic mass is 19.2. The molecule has 0 heterocycles. The van der Waals surface area contributed by atoms with Gasteiger partial charge in [0.1, 0.15) is 5.75 Å². The Hall–Kier alpha value is -3.14. The number of allylic oxidation sites excluding steroid dienone is 2. The van der Waals surface area contributed by atoms with Gasteiger partial charge in [-0.05, 0) is 85.0 Å². The maximum Gasteiger partial charge on any atom is 0.159 e. The van der Waals surface area contributed by atoms with E-state index in [0.29, 0.717) is 23.9 Å². The molecule has 0 bridgehead atoms. The molecule has 0 fully saturated rings. The smallest absolute Gasteiger partial charge is 0.159 e. The summed E-state index contributed by atoms with van der Waals surface area (Å²) in [6.45, 7) is 9.15. The van der Waals surface area contributed by atoms with Crippen LogP contribution < -0.4 is 10.1 Å². The largest absolute Gasteiger partial charge is 0.497 e. The third-order valence-corrected chi connectivity index (χ3v) is 6.83. The highest BCUT2D eigenvalue weighted by molar-refractivity contribution is 5.41. The molecule has 0 aliphatic rings. The van der Waals surface area contributed by atoms with Gasteiger partial charge in [0.2, 0.25) is 0 Å². The molecule has 186 valence electrons. The first-order chi connectivity index (χ1) is 16.8. The van der Waals surface area contributed by atoms with Gasteiger partial charge in [-0.2, -0.15) is 0 Å². The number of methoxy groups -OCH3 is 1. The Bertz CT molecular complexity index is 1120. The molecule has 2 atom stereocenters. The van der Waals surface area contributed by atoms with E-state index >= 15 is 0 Å². The molecule has 0 spiro atoms. The Morgan fingerprint density at radius 1 is 0.943 bits per heavy atom.